The van der Waals surface area contributed by atoms with Crippen LogP contribution in [0, 0.1) is 6.92 Å². The summed E-state index contributed by atoms with van der Waals surface area (Å²) in [5.41, 5.74) is 2.17. The van der Waals surface area contributed by atoms with Crippen LogP contribution in [-0.4, -0.2) is 11.7 Å². The molecule has 1 heterocycles. The number of phenols is 1. The van der Waals surface area contributed by atoms with E-state index in [2.05, 4.69) is 0 Å². The molecule has 0 amide bonds. The number of aryl methyl sites for hydroxylation is 2. The number of benzene rings is 1. The maximum atomic E-state index is 9.31. The molecule has 0 aromatic heterocycles. The normalized spacial score (nSPS) is 15.1. The first kappa shape index (κ1) is 7.47. The first-order valence-electron chi connectivity index (χ1n) is 4.22. The number of hydrogen-bond donors (Lipinski definition) is 1. The highest BCUT2D eigenvalue weighted by atomic mass is 16.5. The summed E-state index contributed by atoms with van der Waals surface area (Å²) in [5.74, 6) is 1.32. The fourth-order valence-corrected chi connectivity index (χ4v) is 1.66. The van der Waals surface area contributed by atoms with Gasteiger partial charge in [0, 0.05) is 0 Å². The van der Waals surface area contributed by atoms with Gasteiger partial charge in [-0.15, -0.1) is 0 Å². The van der Waals surface area contributed by atoms with Crippen molar-refractivity contribution in [3.63, 3.8) is 0 Å². The van der Waals surface area contributed by atoms with E-state index in [1.807, 2.05) is 6.92 Å². The first-order chi connectivity index (χ1) is 5.77. The third kappa shape index (κ3) is 1.13. The van der Waals surface area contributed by atoms with Gasteiger partial charge in [0.25, 0.3) is 0 Å². The highest BCUT2D eigenvalue weighted by Gasteiger charge is 2.13. The molecule has 0 bridgehead atoms. The van der Waals surface area contributed by atoms with Gasteiger partial charge in [-0.25, -0.2) is 0 Å². The monoisotopic (exact) mass is 164 g/mol. The molecule has 1 aromatic carbocycles. The SMILES string of the molecule is Cc1cc(O)cc2c1OCCC2. The quantitative estimate of drug-likeness (QED) is 0.635. The molecule has 0 fully saturated rings. The van der Waals surface area contributed by atoms with Crippen molar-refractivity contribution in [1.82, 2.24) is 0 Å². The van der Waals surface area contributed by atoms with Crippen LogP contribution in [0.15, 0.2) is 12.1 Å². The molecule has 0 spiro atoms. The van der Waals surface area contributed by atoms with Crippen LogP contribution in [-0.2, 0) is 6.42 Å². The van der Waals surface area contributed by atoms with Crippen LogP contribution in [0.3, 0.4) is 0 Å². The van der Waals surface area contributed by atoms with Gasteiger partial charge in [0.15, 0.2) is 0 Å². The zero-order valence-electron chi connectivity index (χ0n) is 7.13. The lowest BCUT2D eigenvalue weighted by Crippen LogP contribution is -2.09. The second kappa shape index (κ2) is 2.70. The molecule has 0 saturated carbocycles. The Morgan fingerprint density at radius 2 is 2.25 bits per heavy atom. The Hall–Kier alpha value is -1.18. The third-order valence-electron chi connectivity index (χ3n) is 2.17. The molecule has 1 aliphatic rings. The summed E-state index contributed by atoms with van der Waals surface area (Å²) in [6.45, 7) is 2.77. The summed E-state index contributed by atoms with van der Waals surface area (Å²) in [7, 11) is 0. The average Bonchev–Trinajstić information content (AvgIpc) is 2.04. The highest BCUT2D eigenvalue weighted by molar-refractivity contribution is 5.46. The van der Waals surface area contributed by atoms with E-state index in [0.717, 1.165) is 36.3 Å². The Balaban J connectivity index is 2.53. The number of phenolic OH excluding ortho intramolecular Hbond substituents is 1. The molecule has 0 aliphatic carbocycles. The number of rotatable bonds is 0. The van der Waals surface area contributed by atoms with E-state index in [4.69, 9.17) is 4.74 Å². The van der Waals surface area contributed by atoms with Crippen LogP contribution in [0.25, 0.3) is 0 Å². The van der Waals surface area contributed by atoms with Crippen LogP contribution in [0.4, 0.5) is 0 Å². The number of ether oxygens (including phenoxy) is 1. The van der Waals surface area contributed by atoms with E-state index >= 15 is 0 Å². The molecule has 1 aromatic rings. The van der Waals surface area contributed by atoms with E-state index in [1.54, 1.807) is 12.1 Å². The Labute approximate surface area is 71.8 Å². The molecule has 0 unspecified atom stereocenters. The minimum Gasteiger partial charge on any atom is -0.508 e. The number of aromatic hydroxyl groups is 1. The predicted octanol–water partition coefficient (Wildman–Crippen LogP) is 2.03. The lowest BCUT2D eigenvalue weighted by atomic mass is 10.0. The molecule has 2 heteroatoms. The molecule has 2 nitrogen and oxygen atoms in total. The summed E-state index contributed by atoms with van der Waals surface area (Å²) in [4.78, 5) is 0. The van der Waals surface area contributed by atoms with Crippen molar-refractivity contribution in [2.75, 3.05) is 6.61 Å². The van der Waals surface area contributed by atoms with E-state index in [9.17, 15) is 5.11 Å². The van der Waals surface area contributed by atoms with E-state index in [-0.39, 0.29) is 0 Å². The zero-order valence-corrected chi connectivity index (χ0v) is 7.13. The van der Waals surface area contributed by atoms with E-state index in [0.29, 0.717) is 5.75 Å². The maximum absolute atomic E-state index is 9.31. The Bertz CT molecular complexity index is 305. The summed E-state index contributed by atoms with van der Waals surface area (Å²) in [5, 5.41) is 9.31. The smallest absolute Gasteiger partial charge is 0.125 e. The second-order valence-electron chi connectivity index (χ2n) is 3.20. The van der Waals surface area contributed by atoms with Crippen molar-refractivity contribution in [2.45, 2.75) is 19.8 Å². The van der Waals surface area contributed by atoms with Gasteiger partial charge < -0.3 is 9.84 Å². The summed E-state index contributed by atoms with van der Waals surface area (Å²) < 4.78 is 5.50. The van der Waals surface area contributed by atoms with Crippen LogP contribution in [0.1, 0.15) is 17.5 Å². The van der Waals surface area contributed by atoms with Gasteiger partial charge in [-0.1, -0.05) is 0 Å². The van der Waals surface area contributed by atoms with Gasteiger partial charge in [0.2, 0.25) is 0 Å². The van der Waals surface area contributed by atoms with Gasteiger partial charge >= 0.3 is 0 Å². The summed E-state index contributed by atoms with van der Waals surface area (Å²) >= 11 is 0. The fraction of sp³-hybridized carbons (Fsp3) is 0.400. The molecule has 12 heavy (non-hydrogen) atoms. The third-order valence-corrected chi connectivity index (χ3v) is 2.17. The van der Waals surface area contributed by atoms with Crippen molar-refractivity contribution in [3.8, 4) is 11.5 Å². The molecule has 1 aliphatic heterocycles. The minimum atomic E-state index is 0.344. The molecule has 0 atom stereocenters. The largest absolute Gasteiger partial charge is 0.508 e. The second-order valence-corrected chi connectivity index (χ2v) is 3.20. The predicted molar refractivity (Wildman–Crippen MR) is 46.7 cm³/mol. The Morgan fingerprint density at radius 1 is 1.42 bits per heavy atom. The highest BCUT2D eigenvalue weighted by Crippen LogP contribution is 2.31. The van der Waals surface area contributed by atoms with Gasteiger partial charge in [-0.2, -0.15) is 0 Å². The standard InChI is InChI=1S/C10H12O2/c1-7-5-9(11)6-8-3-2-4-12-10(7)8/h5-6,11H,2-4H2,1H3. The van der Waals surface area contributed by atoms with Crippen molar-refractivity contribution in [1.29, 1.82) is 0 Å². The van der Waals surface area contributed by atoms with Crippen LogP contribution < -0.4 is 4.74 Å². The van der Waals surface area contributed by atoms with Crippen molar-refractivity contribution >= 4 is 0 Å². The maximum Gasteiger partial charge on any atom is 0.125 e. The molecular weight excluding hydrogens is 152 g/mol. The van der Waals surface area contributed by atoms with Crippen molar-refractivity contribution in [2.24, 2.45) is 0 Å². The van der Waals surface area contributed by atoms with Gasteiger partial charge in [0.1, 0.15) is 11.5 Å². The Kier molecular flexibility index (Phi) is 1.68. The van der Waals surface area contributed by atoms with Gasteiger partial charge in [0.05, 0.1) is 6.61 Å². The zero-order chi connectivity index (χ0) is 8.55. The molecule has 0 saturated heterocycles. The van der Waals surface area contributed by atoms with Gasteiger partial charge in [-0.3, -0.25) is 0 Å². The molecule has 2 rings (SSSR count). The molecule has 64 valence electrons. The van der Waals surface area contributed by atoms with E-state index < -0.39 is 0 Å². The average molecular weight is 164 g/mol. The molecular formula is C10H12O2. The van der Waals surface area contributed by atoms with Crippen LogP contribution in [0.5, 0.6) is 11.5 Å². The number of fused-ring (bicyclic) bond motifs is 1. The van der Waals surface area contributed by atoms with Crippen LogP contribution >= 0.6 is 0 Å². The van der Waals surface area contributed by atoms with E-state index in [1.165, 1.54) is 0 Å². The summed E-state index contributed by atoms with van der Waals surface area (Å²) in [6.07, 6.45) is 2.07. The summed E-state index contributed by atoms with van der Waals surface area (Å²) in [6, 6.07) is 3.53. The lowest BCUT2D eigenvalue weighted by molar-refractivity contribution is 0.285. The van der Waals surface area contributed by atoms with Gasteiger partial charge in [-0.05, 0) is 43.0 Å². The lowest BCUT2D eigenvalue weighted by Gasteiger charge is -2.19. The minimum absolute atomic E-state index is 0.344. The van der Waals surface area contributed by atoms with Crippen molar-refractivity contribution in [3.05, 3.63) is 23.3 Å². The van der Waals surface area contributed by atoms with Crippen LogP contribution in [0.2, 0.25) is 0 Å². The Morgan fingerprint density at radius 3 is 3.08 bits per heavy atom. The van der Waals surface area contributed by atoms with Crippen molar-refractivity contribution < 1.29 is 9.84 Å². The molecule has 1 N–H and O–H groups in total. The topological polar surface area (TPSA) is 29.5 Å². The fourth-order valence-electron chi connectivity index (χ4n) is 1.66. The number of hydrogen-bond acceptors (Lipinski definition) is 2. The first-order valence-corrected chi connectivity index (χ1v) is 4.22. The molecule has 0 radical (unpaired) electrons.